The van der Waals surface area contributed by atoms with Crippen LogP contribution in [0.15, 0.2) is 36.7 Å². The van der Waals surface area contributed by atoms with Crippen molar-refractivity contribution in [3.8, 4) is 16.9 Å². The van der Waals surface area contributed by atoms with Crippen LogP contribution in [-0.4, -0.2) is 23.2 Å². The zero-order chi connectivity index (χ0) is 13.1. The highest BCUT2D eigenvalue weighted by atomic mass is 16.5. The summed E-state index contributed by atoms with van der Waals surface area (Å²) in [6.45, 7) is 1.93. The van der Waals surface area contributed by atoms with Crippen LogP contribution in [0, 0.1) is 6.92 Å². The quantitative estimate of drug-likeness (QED) is 0.900. The smallest absolute Gasteiger partial charge is 0.335 e. The SMILES string of the molecule is COc1ccc(C(=O)O)cc1-c1cncc(C)c1. The number of benzene rings is 1. The van der Waals surface area contributed by atoms with Gasteiger partial charge in [0.05, 0.1) is 12.7 Å². The Hall–Kier alpha value is -2.36. The van der Waals surface area contributed by atoms with Gasteiger partial charge in [-0.05, 0) is 36.8 Å². The number of hydrogen-bond donors (Lipinski definition) is 1. The van der Waals surface area contributed by atoms with E-state index in [1.807, 2.05) is 13.0 Å². The van der Waals surface area contributed by atoms with Crippen molar-refractivity contribution in [2.75, 3.05) is 7.11 Å². The molecule has 0 radical (unpaired) electrons. The lowest BCUT2D eigenvalue weighted by Gasteiger charge is -2.09. The average molecular weight is 243 g/mol. The highest BCUT2D eigenvalue weighted by Gasteiger charge is 2.11. The topological polar surface area (TPSA) is 59.4 Å². The van der Waals surface area contributed by atoms with E-state index in [1.165, 1.54) is 6.07 Å². The number of carboxylic acid groups (broad SMARTS) is 1. The molecule has 0 aliphatic carbocycles. The second-order valence-electron chi connectivity index (χ2n) is 3.97. The van der Waals surface area contributed by atoms with Crippen LogP contribution in [0.1, 0.15) is 15.9 Å². The van der Waals surface area contributed by atoms with E-state index in [0.717, 1.165) is 16.7 Å². The first-order valence-corrected chi connectivity index (χ1v) is 5.45. The molecule has 1 aromatic heterocycles. The molecule has 0 aliphatic heterocycles. The number of hydrogen-bond acceptors (Lipinski definition) is 3. The summed E-state index contributed by atoms with van der Waals surface area (Å²) >= 11 is 0. The van der Waals surface area contributed by atoms with Crippen LogP contribution in [0.5, 0.6) is 5.75 Å². The highest BCUT2D eigenvalue weighted by molar-refractivity contribution is 5.90. The monoisotopic (exact) mass is 243 g/mol. The number of aromatic carboxylic acids is 1. The molecule has 0 saturated heterocycles. The van der Waals surface area contributed by atoms with Crippen molar-refractivity contribution in [2.45, 2.75) is 6.92 Å². The Balaban J connectivity index is 2.60. The number of aryl methyl sites for hydroxylation is 1. The van der Waals surface area contributed by atoms with Crippen LogP contribution < -0.4 is 4.74 Å². The van der Waals surface area contributed by atoms with E-state index in [4.69, 9.17) is 9.84 Å². The summed E-state index contributed by atoms with van der Waals surface area (Å²) in [6.07, 6.45) is 3.44. The Morgan fingerprint density at radius 1 is 1.28 bits per heavy atom. The fraction of sp³-hybridized carbons (Fsp3) is 0.143. The first-order chi connectivity index (χ1) is 8.61. The molecule has 2 aromatic rings. The van der Waals surface area contributed by atoms with Crippen LogP contribution >= 0.6 is 0 Å². The largest absolute Gasteiger partial charge is 0.496 e. The lowest BCUT2D eigenvalue weighted by Crippen LogP contribution is -1.98. The predicted octanol–water partition coefficient (Wildman–Crippen LogP) is 2.76. The second kappa shape index (κ2) is 4.87. The van der Waals surface area contributed by atoms with Crippen LogP contribution in [0.25, 0.3) is 11.1 Å². The van der Waals surface area contributed by atoms with Crippen molar-refractivity contribution in [1.29, 1.82) is 0 Å². The van der Waals surface area contributed by atoms with E-state index in [9.17, 15) is 4.79 Å². The molecule has 18 heavy (non-hydrogen) atoms. The Kier molecular flexibility index (Phi) is 3.28. The van der Waals surface area contributed by atoms with Crippen molar-refractivity contribution in [2.24, 2.45) is 0 Å². The summed E-state index contributed by atoms with van der Waals surface area (Å²) < 4.78 is 5.25. The predicted molar refractivity (Wildman–Crippen MR) is 67.9 cm³/mol. The molecule has 0 saturated carbocycles. The fourth-order valence-electron chi connectivity index (χ4n) is 1.77. The number of pyridine rings is 1. The molecule has 0 aliphatic rings. The van der Waals surface area contributed by atoms with Crippen molar-refractivity contribution in [3.63, 3.8) is 0 Å². The Labute approximate surface area is 105 Å². The summed E-state index contributed by atoms with van der Waals surface area (Å²) in [5.74, 6) is -0.327. The molecule has 0 spiro atoms. The third kappa shape index (κ3) is 2.32. The zero-order valence-electron chi connectivity index (χ0n) is 10.2. The van der Waals surface area contributed by atoms with Gasteiger partial charge in [-0.1, -0.05) is 0 Å². The molecule has 0 unspecified atom stereocenters. The number of nitrogens with zero attached hydrogens (tertiary/aromatic N) is 1. The molecule has 0 amide bonds. The Bertz CT molecular complexity index is 593. The van der Waals surface area contributed by atoms with Gasteiger partial charge in [0, 0.05) is 23.5 Å². The molecular weight excluding hydrogens is 230 g/mol. The van der Waals surface area contributed by atoms with Gasteiger partial charge in [0.1, 0.15) is 5.75 Å². The molecule has 2 rings (SSSR count). The van der Waals surface area contributed by atoms with Crippen molar-refractivity contribution < 1.29 is 14.6 Å². The van der Waals surface area contributed by atoms with E-state index in [1.54, 1.807) is 31.6 Å². The van der Waals surface area contributed by atoms with Crippen molar-refractivity contribution >= 4 is 5.97 Å². The number of aromatic nitrogens is 1. The van der Waals surface area contributed by atoms with E-state index in [0.29, 0.717) is 5.75 Å². The third-order valence-corrected chi connectivity index (χ3v) is 2.63. The number of carbonyl (C=O) groups is 1. The van der Waals surface area contributed by atoms with Gasteiger partial charge >= 0.3 is 5.97 Å². The van der Waals surface area contributed by atoms with Gasteiger partial charge in [-0.15, -0.1) is 0 Å². The molecular formula is C14H13NO3. The van der Waals surface area contributed by atoms with Crippen LogP contribution in [0.2, 0.25) is 0 Å². The van der Waals surface area contributed by atoms with Gasteiger partial charge in [-0.3, -0.25) is 4.98 Å². The summed E-state index contributed by atoms with van der Waals surface area (Å²) in [4.78, 5) is 15.1. The third-order valence-electron chi connectivity index (χ3n) is 2.63. The highest BCUT2D eigenvalue weighted by Crippen LogP contribution is 2.30. The molecule has 92 valence electrons. The second-order valence-corrected chi connectivity index (χ2v) is 3.97. The van der Waals surface area contributed by atoms with Crippen molar-refractivity contribution in [1.82, 2.24) is 4.98 Å². The maximum Gasteiger partial charge on any atom is 0.335 e. The van der Waals surface area contributed by atoms with Crippen LogP contribution in [0.4, 0.5) is 0 Å². The molecule has 0 bridgehead atoms. The van der Waals surface area contributed by atoms with Gasteiger partial charge in [-0.25, -0.2) is 4.79 Å². The summed E-state index contributed by atoms with van der Waals surface area (Å²) in [5, 5.41) is 9.02. The molecule has 1 N–H and O–H groups in total. The number of ether oxygens (including phenoxy) is 1. The van der Waals surface area contributed by atoms with Gasteiger partial charge in [0.25, 0.3) is 0 Å². The fourth-order valence-corrected chi connectivity index (χ4v) is 1.77. The van der Waals surface area contributed by atoms with Gasteiger partial charge in [0.15, 0.2) is 0 Å². The lowest BCUT2D eigenvalue weighted by atomic mass is 10.0. The van der Waals surface area contributed by atoms with Crippen LogP contribution in [0.3, 0.4) is 0 Å². The minimum atomic E-state index is -0.959. The van der Waals surface area contributed by atoms with E-state index >= 15 is 0 Å². The van der Waals surface area contributed by atoms with E-state index < -0.39 is 5.97 Å². The maximum atomic E-state index is 11.0. The molecule has 1 heterocycles. The van der Waals surface area contributed by atoms with Crippen molar-refractivity contribution in [3.05, 3.63) is 47.8 Å². The molecule has 0 fully saturated rings. The van der Waals surface area contributed by atoms with Crippen LogP contribution in [-0.2, 0) is 0 Å². The number of methoxy groups -OCH3 is 1. The van der Waals surface area contributed by atoms with Gasteiger partial charge in [-0.2, -0.15) is 0 Å². The number of carboxylic acids is 1. The normalized spacial score (nSPS) is 10.1. The Morgan fingerprint density at radius 3 is 2.67 bits per heavy atom. The Morgan fingerprint density at radius 2 is 2.06 bits per heavy atom. The molecule has 4 heteroatoms. The van der Waals surface area contributed by atoms with E-state index in [2.05, 4.69) is 4.98 Å². The first kappa shape index (κ1) is 12.1. The summed E-state index contributed by atoms with van der Waals surface area (Å²) in [5.41, 5.74) is 2.81. The van der Waals surface area contributed by atoms with E-state index in [-0.39, 0.29) is 5.56 Å². The summed E-state index contributed by atoms with van der Waals surface area (Å²) in [7, 11) is 1.56. The minimum Gasteiger partial charge on any atom is -0.496 e. The maximum absolute atomic E-state index is 11.0. The van der Waals surface area contributed by atoms with Gasteiger partial charge < -0.3 is 9.84 Å². The molecule has 1 aromatic carbocycles. The first-order valence-electron chi connectivity index (χ1n) is 5.45. The average Bonchev–Trinajstić information content (AvgIpc) is 2.38. The molecule has 0 atom stereocenters. The van der Waals surface area contributed by atoms with Gasteiger partial charge in [0.2, 0.25) is 0 Å². The zero-order valence-corrected chi connectivity index (χ0v) is 10.2. The summed E-state index contributed by atoms with van der Waals surface area (Å²) in [6, 6.07) is 6.71. The molecule has 4 nitrogen and oxygen atoms in total. The number of rotatable bonds is 3. The standard InChI is InChI=1S/C14H13NO3/c1-9-5-11(8-15-7-9)12-6-10(14(16)17)3-4-13(12)18-2/h3-8H,1-2H3,(H,16,17). The minimum absolute atomic E-state index is 0.229. The lowest BCUT2D eigenvalue weighted by molar-refractivity contribution is 0.0697.